The van der Waals surface area contributed by atoms with Gasteiger partial charge in [0.2, 0.25) is 0 Å². The zero-order chi connectivity index (χ0) is 11.2. The monoisotopic (exact) mass is 222 g/mol. The molecular weight excluding hydrogens is 200 g/mol. The van der Waals surface area contributed by atoms with Crippen LogP contribution in [0, 0.1) is 0 Å². The van der Waals surface area contributed by atoms with Gasteiger partial charge in [0.25, 0.3) is 0 Å². The van der Waals surface area contributed by atoms with Gasteiger partial charge in [0, 0.05) is 25.4 Å². The minimum atomic E-state index is -2.84. The zero-order valence-electron chi connectivity index (χ0n) is 9.58. The van der Waals surface area contributed by atoms with Gasteiger partial charge in [-0.15, -0.1) is 0 Å². The number of sulfone groups is 1. The molecular formula is C9H22N2O2S. The first kappa shape index (κ1) is 13.9. The average Bonchev–Trinajstić information content (AvgIpc) is 2.09. The normalized spacial score (nSPS) is 14.6. The lowest BCUT2D eigenvalue weighted by molar-refractivity contribution is 0.265. The highest BCUT2D eigenvalue weighted by atomic mass is 32.2. The van der Waals surface area contributed by atoms with E-state index in [1.807, 2.05) is 7.05 Å². The van der Waals surface area contributed by atoms with Gasteiger partial charge < -0.3 is 10.2 Å². The highest BCUT2D eigenvalue weighted by Crippen LogP contribution is 1.95. The van der Waals surface area contributed by atoms with Crippen molar-refractivity contribution in [2.75, 3.05) is 38.7 Å². The van der Waals surface area contributed by atoms with Gasteiger partial charge in [-0.25, -0.2) is 8.42 Å². The quantitative estimate of drug-likeness (QED) is 0.657. The van der Waals surface area contributed by atoms with Crippen LogP contribution in [0.4, 0.5) is 0 Å². The van der Waals surface area contributed by atoms with Gasteiger partial charge in [-0.3, -0.25) is 0 Å². The van der Waals surface area contributed by atoms with Crippen molar-refractivity contribution in [2.45, 2.75) is 19.9 Å². The lowest BCUT2D eigenvalue weighted by Gasteiger charge is -2.24. The van der Waals surface area contributed by atoms with Crippen LogP contribution in [0.2, 0.25) is 0 Å². The first-order valence-electron chi connectivity index (χ1n) is 4.95. The van der Waals surface area contributed by atoms with Gasteiger partial charge in [-0.1, -0.05) is 6.92 Å². The molecule has 0 aliphatic rings. The summed E-state index contributed by atoms with van der Waals surface area (Å²) in [6.45, 7) is 6.60. The van der Waals surface area contributed by atoms with Crippen LogP contribution in [0.15, 0.2) is 0 Å². The molecule has 1 atom stereocenters. The van der Waals surface area contributed by atoms with Gasteiger partial charge in [0.15, 0.2) is 0 Å². The molecule has 4 nitrogen and oxygen atoms in total. The van der Waals surface area contributed by atoms with Crippen molar-refractivity contribution >= 4 is 9.84 Å². The molecule has 0 spiro atoms. The molecule has 0 amide bonds. The van der Waals surface area contributed by atoms with Crippen LogP contribution in [0.5, 0.6) is 0 Å². The van der Waals surface area contributed by atoms with E-state index in [-0.39, 0.29) is 5.75 Å². The summed E-state index contributed by atoms with van der Waals surface area (Å²) in [5.74, 6) is 0.236. The third kappa shape index (κ3) is 7.29. The van der Waals surface area contributed by atoms with Gasteiger partial charge in [-0.2, -0.15) is 0 Å². The van der Waals surface area contributed by atoms with E-state index in [0.717, 1.165) is 13.1 Å². The summed E-state index contributed by atoms with van der Waals surface area (Å²) < 4.78 is 21.9. The Bertz CT molecular complexity index is 239. The molecule has 0 aliphatic carbocycles. The molecule has 0 bridgehead atoms. The van der Waals surface area contributed by atoms with Crippen LogP contribution in [0.3, 0.4) is 0 Å². The maximum Gasteiger partial charge on any atom is 0.148 e. The molecule has 0 rings (SSSR count). The van der Waals surface area contributed by atoms with Gasteiger partial charge in [0.1, 0.15) is 9.84 Å². The van der Waals surface area contributed by atoms with Crippen molar-refractivity contribution in [1.82, 2.24) is 10.2 Å². The molecule has 0 aromatic carbocycles. The Morgan fingerprint density at radius 2 is 2.00 bits per heavy atom. The Labute approximate surface area is 87.6 Å². The molecule has 0 radical (unpaired) electrons. The first-order chi connectivity index (χ1) is 6.37. The predicted octanol–water partition coefficient (Wildman–Crippen LogP) is -0.0392. The van der Waals surface area contributed by atoms with Crippen LogP contribution < -0.4 is 5.32 Å². The first-order valence-corrected chi connectivity index (χ1v) is 7.01. The van der Waals surface area contributed by atoms with Crippen molar-refractivity contribution in [3.63, 3.8) is 0 Å². The minimum absolute atomic E-state index is 0.236. The predicted molar refractivity (Wildman–Crippen MR) is 60.3 cm³/mol. The highest BCUT2D eigenvalue weighted by molar-refractivity contribution is 7.90. The fourth-order valence-corrected chi connectivity index (χ4v) is 1.66. The molecule has 86 valence electrons. The standard InChI is InChI=1S/C9H22N2O2S/c1-5-10-8-9(2)11(3)6-7-14(4,12)13/h9-10H,5-8H2,1-4H3. The summed E-state index contributed by atoms with van der Waals surface area (Å²) in [7, 11) is -0.884. The van der Waals surface area contributed by atoms with E-state index in [4.69, 9.17) is 0 Å². The average molecular weight is 222 g/mol. The molecule has 0 heterocycles. The third-order valence-electron chi connectivity index (χ3n) is 2.26. The molecule has 1 unspecified atom stereocenters. The van der Waals surface area contributed by atoms with E-state index in [2.05, 4.69) is 24.1 Å². The zero-order valence-corrected chi connectivity index (χ0v) is 10.4. The minimum Gasteiger partial charge on any atom is -0.315 e. The summed E-state index contributed by atoms with van der Waals surface area (Å²) in [6, 6.07) is 0.372. The van der Waals surface area contributed by atoms with Crippen LogP contribution in [0.1, 0.15) is 13.8 Å². The fraction of sp³-hybridized carbons (Fsp3) is 1.00. The second-order valence-corrected chi connectivity index (χ2v) is 6.03. The maximum atomic E-state index is 10.9. The van der Waals surface area contributed by atoms with E-state index < -0.39 is 9.84 Å². The van der Waals surface area contributed by atoms with Crippen molar-refractivity contribution in [2.24, 2.45) is 0 Å². The molecule has 0 aromatic heterocycles. The second kappa shape index (κ2) is 6.37. The molecule has 14 heavy (non-hydrogen) atoms. The summed E-state index contributed by atoms with van der Waals surface area (Å²) in [5, 5.41) is 3.23. The van der Waals surface area contributed by atoms with E-state index in [9.17, 15) is 8.42 Å². The molecule has 1 N–H and O–H groups in total. The SMILES string of the molecule is CCNCC(C)N(C)CCS(C)(=O)=O. The number of hydrogen-bond acceptors (Lipinski definition) is 4. The molecule has 0 saturated carbocycles. The Balaban J connectivity index is 3.78. The van der Waals surface area contributed by atoms with Crippen LogP contribution in [-0.2, 0) is 9.84 Å². The third-order valence-corrected chi connectivity index (χ3v) is 3.18. The van der Waals surface area contributed by atoms with Crippen molar-refractivity contribution < 1.29 is 8.42 Å². The van der Waals surface area contributed by atoms with Gasteiger partial charge in [0.05, 0.1) is 5.75 Å². The molecule has 0 aliphatic heterocycles. The van der Waals surface area contributed by atoms with Crippen molar-refractivity contribution in [1.29, 1.82) is 0 Å². The van der Waals surface area contributed by atoms with E-state index in [1.165, 1.54) is 6.26 Å². The Morgan fingerprint density at radius 3 is 2.43 bits per heavy atom. The van der Waals surface area contributed by atoms with Gasteiger partial charge >= 0.3 is 0 Å². The molecule has 5 heteroatoms. The fourth-order valence-electron chi connectivity index (χ4n) is 1.04. The largest absolute Gasteiger partial charge is 0.315 e. The van der Waals surface area contributed by atoms with E-state index in [0.29, 0.717) is 12.6 Å². The van der Waals surface area contributed by atoms with E-state index in [1.54, 1.807) is 0 Å². The number of nitrogens with one attached hydrogen (secondary N) is 1. The lowest BCUT2D eigenvalue weighted by Crippen LogP contribution is -2.40. The van der Waals surface area contributed by atoms with Crippen molar-refractivity contribution in [3.8, 4) is 0 Å². The Morgan fingerprint density at radius 1 is 1.43 bits per heavy atom. The summed E-state index contributed by atoms with van der Waals surface area (Å²) >= 11 is 0. The highest BCUT2D eigenvalue weighted by Gasteiger charge is 2.10. The molecule has 0 fully saturated rings. The topological polar surface area (TPSA) is 49.4 Å². The number of hydrogen-bond donors (Lipinski definition) is 1. The van der Waals surface area contributed by atoms with Crippen molar-refractivity contribution in [3.05, 3.63) is 0 Å². The van der Waals surface area contributed by atoms with E-state index >= 15 is 0 Å². The number of nitrogens with zero attached hydrogens (tertiary/aromatic N) is 1. The van der Waals surface area contributed by atoms with Crippen LogP contribution in [-0.4, -0.2) is 58.1 Å². The molecule has 0 aromatic rings. The maximum absolute atomic E-state index is 10.9. The summed E-state index contributed by atoms with van der Waals surface area (Å²) in [6.07, 6.45) is 1.27. The van der Waals surface area contributed by atoms with Crippen LogP contribution in [0.25, 0.3) is 0 Å². The molecule has 0 saturated heterocycles. The van der Waals surface area contributed by atoms with Gasteiger partial charge in [-0.05, 0) is 20.5 Å². The number of likely N-dealkylation sites (N-methyl/N-ethyl adjacent to an activating group) is 2. The second-order valence-electron chi connectivity index (χ2n) is 3.77. The summed E-state index contributed by atoms with van der Waals surface area (Å²) in [5.41, 5.74) is 0. The van der Waals surface area contributed by atoms with Crippen LogP contribution >= 0.6 is 0 Å². The Hall–Kier alpha value is -0.130. The Kier molecular flexibility index (Phi) is 6.31. The number of rotatable bonds is 7. The summed E-state index contributed by atoms with van der Waals surface area (Å²) in [4.78, 5) is 2.06. The smallest absolute Gasteiger partial charge is 0.148 e. The lowest BCUT2D eigenvalue weighted by atomic mass is 10.3.